The predicted octanol–water partition coefficient (Wildman–Crippen LogP) is 0.668. The topological polar surface area (TPSA) is 98.2 Å². The van der Waals surface area contributed by atoms with Crippen LogP contribution in [-0.4, -0.2) is 20.7 Å². The molecule has 0 aliphatic heterocycles. The lowest BCUT2D eigenvalue weighted by molar-refractivity contribution is 0.596. The Morgan fingerprint density at radius 2 is 2.06 bits per heavy atom. The van der Waals surface area contributed by atoms with Crippen LogP contribution in [0.4, 0.5) is 11.4 Å². The summed E-state index contributed by atoms with van der Waals surface area (Å²) in [7, 11) is -3.36. The van der Waals surface area contributed by atoms with Crippen molar-refractivity contribution in [3.8, 4) is 0 Å². The molecular weight excluding hydrogens is 226 g/mol. The Morgan fingerprint density at radius 3 is 2.62 bits per heavy atom. The van der Waals surface area contributed by atoms with E-state index in [2.05, 4.69) is 5.32 Å². The zero-order valence-electron chi connectivity index (χ0n) is 9.23. The summed E-state index contributed by atoms with van der Waals surface area (Å²) in [6.45, 7) is 2.49. The lowest BCUT2D eigenvalue weighted by atomic mass is 10.2. The van der Waals surface area contributed by atoms with E-state index in [-0.39, 0.29) is 5.75 Å². The van der Waals surface area contributed by atoms with Crippen LogP contribution in [0.1, 0.15) is 12.0 Å². The number of nitrogens with two attached hydrogens (primary N) is 2. The first kappa shape index (κ1) is 12.8. The van der Waals surface area contributed by atoms with E-state index >= 15 is 0 Å². The molecule has 6 heteroatoms. The molecule has 0 saturated carbocycles. The van der Waals surface area contributed by atoms with Crippen LogP contribution in [0.3, 0.4) is 0 Å². The molecule has 0 aliphatic rings. The zero-order chi connectivity index (χ0) is 12.2. The Hall–Kier alpha value is -1.27. The summed E-state index contributed by atoms with van der Waals surface area (Å²) in [6, 6.07) is 5.65. The molecule has 0 heterocycles. The molecule has 5 N–H and O–H groups in total. The highest BCUT2D eigenvalue weighted by molar-refractivity contribution is 7.89. The van der Waals surface area contributed by atoms with Crippen molar-refractivity contribution in [2.75, 3.05) is 23.3 Å². The largest absolute Gasteiger partial charge is 0.398 e. The van der Waals surface area contributed by atoms with E-state index in [9.17, 15) is 8.42 Å². The molecule has 0 unspecified atom stereocenters. The summed E-state index contributed by atoms with van der Waals surface area (Å²) in [5, 5.41) is 7.97. The summed E-state index contributed by atoms with van der Waals surface area (Å²) in [5.41, 5.74) is 8.37. The summed E-state index contributed by atoms with van der Waals surface area (Å²) >= 11 is 0. The summed E-state index contributed by atoms with van der Waals surface area (Å²) in [5.74, 6) is -0.0126. The standard InChI is InChI=1S/C10H17N3O2S/c1-8-3-4-9(7-10(8)11)13-5-2-6-16(12,14)15/h3-4,7,13H,2,5-6,11H2,1H3,(H2,12,14,15). The lowest BCUT2D eigenvalue weighted by Gasteiger charge is -2.07. The van der Waals surface area contributed by atoms with Crippen molar-refractivity contribution in [2.45, 2.75) is 13.3 Å². The maximum absolute atomic E-state index is 10.7. The van der Waals surface area contributed by atoms with E-state index < -0.39 is 10.0 Å². The van der Waals surface area contributed by atoms with Crippen LogP contribution >= 0.6 is 0 Å². The second-order valence-corrected chi connectivity index (χ2v) is 5.45. The van der Waals surface area contributed by atoms with Gasteiger partial charge in [-0.05, 0) is 31.0 Å². The van der Waals surface area contributed by atoms with Crippen molar-refractivity contribution in [2.24, 2.45) is 5.14 Å². The van der Waals surface area contributed by atoms with Gasteiger partial charge in [0.05, 0.1) is 5.75 Å². The van der Waals surface area contributed by atoms with E-state index in [1.807, 2.05) is 25.1 Å². The SMILES string of the molecule is Cc1ccc(NCCCS(N)(=O)=O)cc1N. The maximum atomic E-state index is 10.7. The lowest BCUT2D eigenvalue weighted by Crippen LogP contribution is -2.18. The number of hydrogen-bond acceptors (Lipinski definition) is 4. The monoisotopic (exact) mass is 243 g/mol. The molecule has 1 aromatic carbocycles. The quantitative estimate of drug-likeness (QED) is 0.523. The van der Waals surface area contributed by atoms with Crippen LogP contribution in [0.15, 0.2) is 18.2 Å². The van der Waals surface area contributed by atoms with Gasteiger partial charge in [0.1, 0.15) is 0 Å². The molecule has 1 aromatic rings. The number of sulfonamides is 1. The van der Waals surface area contributed by atoms with Crippen molar-refractivity contribution < 1.29 is 8.42 Å². The normalized spacial score (nSPS) is 11.4. The minimum Gasteiger partial charge on any atom is -0.398 e. The van der Waals surface area contributed by atoms with Crippen LogP contribution in [0.25, 0.3) is 0 Å². The molecule has 0 bridgehead atoms. The van der Waals surface area contributed by atoms with Crippen molar-refractivity contribution in [1.82, 2.24) is 0 Å². The molecule has 0 aromatic heterocycles. The second-order valence-electron chi connectivity index (χ2n) is 3.72. The molecule has 16 heavy (non-hydrogen) atoms. The van der Waals surface area contributed by atoms with Gasteiger partial charge >= 0.3 is 0 Å². The third kappa shape index (κ3) is 4.50. The number of nitrogen functional groups attached to an aromatic ring is 1. The number of rotatable bonds is 5. The number of anilines is 2. The average Bonchev–Trinajstić information content (AvgIpc) is 2.17. The van der Waals surface area contributed by atoms with Crippen LogP contribution in [0.5, 0.6) is 0 Å². The maximum Gasteiger partial charge on any atom is 0.209 e. The Balaban J connectivity index is 2.41. The molecule has 90 valence electrons. The van der Waals surface area contributed by atoms with E-state index in [4.69, 9.17) is 10.9 Å². The molecule has 5 nitrogen and oxygen atoms in total. The third-order valence-electron chi connectivity index (χ3n) is 2.21. The Kier molecular flexibility index (Phi) is 4.14. The van der Waals surface area contributed by atoms with Crippen LogP contribution in [-0.2, 0) is 10.0 Å². The fourth-order valence-corrected chi connectivity index (χ4v) is 1.80. The van der Waals surface area contributed by atoms with Gasteiger partial charge in [-0.15, -0.1) is 0 Å². The second kappa shape index (κ2) is 5.18. The molecule has 0 amide bonds. The highest BCUT2D eigenvalue weighted by Crippen LogP contribution is 2.16. The molecule has 0 atom stereocenters. The average molecular weight is 243 g/mol. The molecule has 0 saturated heterocycles. The predicted molar refractivity (Wildman–Crippen MR) is 66.7 cm³/mol. The third-order valence-corrected chi connectivity index (χ3v) is 3.07. The van der Waals surface area contributed by atoms with Crippen LogP contribution in [0.2, 0.25) is 0 Å². The molecule has 0 aliphatic carbocycles. The van der Waals surface area contributed by atoms with Gasteiger partial charge in [0.15, 0.2) is 0 Å². The van der Waals surface area contributed by atoms with Gasteiger partial charge in [-0.3, -0.25) is 0 Å². The summed E-state index contributed by atoms with van der Waals surface area (Å²) in [6.07, 6.45) is 0.479. The molecule has 0 radical (unpaired) electrons. The highest BCUT2D eigenvalue weighted by atomic mass is 32.2. The highest BCUT2D eigenvalue weighted by Gasteiger charge is 2.01. The van der Waals surface area contributed by atoms with Crippen molar-refractivity contribution in [3.63, 3.8) is 0 Å². The Bertz CT molecular complexity index is 457. The molecule has 1 rings (SSSR count). The van der Waals surface area contributed by atoms with Crippen molar-refractivity contribution in [3.05, 3.63) is 23.8 Å². The minimum atomic E-state index is -3.36. The van der Waals surface area contributed by atoms with Crippen LogP contribution < -0.4 is 16.2 Å². The molecule has 0 spiro atoms. The first-order valence-electron chi connectivity index (χ1n) is 4.99. The van der Waals surface area contributed by atoms with Gasteiger partial charge in [0, 0.05) is 17.9 Å². The fourth-order valence-electron chi connectivity index (χ4n) is 1.26. The fraction of sp³-hybridized carbons (Fsp3) is 0.400. The van der Waals surface area contributed by atoms with Gasteiger partial charge in [0.2, 0.25) is 10.0 Å². The van der Waals surface area contributed by atoms with Gasteiger partial charge in [0.25, 0.3) is 0 Å². The number of aryl methyl sites for hydroxylation is 1. The number of benzene rings is 1. The van der Waals surface area contributed by atoms with Crippen molar-refractivity contribution in [1.29, 1.82) is 0 Å². The number of nitrogens with one attached hydrogen (secondary N) is 1. The first-order valence-corrected chi connectivity index (χ1v) is 6.70. The van der Waals surface area contributed by atoms with Gasteiger partial charge in [-0.2, -0.15) is 0 Å². The van der Waals surface area contributed by atoms with E-state index in [1.165, 1.54) is 0 Å². The smallest absolute Gasteiger partial charge is 0.209 e. The van der Waals surface area contributed by atoms with E-state index in [0.717, 1.165) is 16.9 Å². The summed E-state index contributed by atoms with van der Waals surface area (Å²) < 4.78 is 21.3. The van der Waals surface area contributed by atoms with Crippen LogP contribution in [0, 0.1) is 6.92 Å². The Labute approximate surface area is 95.9 Å². The zero-order valence-corrected chi connectivity index (χ0v) is 10.0. The van der Waals surface area contributed by atoms with Crippen molar-refractivity contribution >= 4 is 21.4 Å². The minimum absolute atomic E-state index is 0.0126. The molecule has 0 fully saturated rings. The van der Waals surface area contributed by atoms with Gasteiger partial charge < -0.3 is 11.1 Å². The first-order chi connectivity index (χ1) is 7.38. The summed E-state index contributed by atoms with van der Waals surface area (Å²) in [4.78, 5) is 0. The Morgan fingerprint density at radius 1 is 1.38 bits per heavy atom. The number of hydrogen-bond donors (Lipinski definition) is 3. The molecular formula is C10H17N3O2S. The van der Waals surface area contributed by atoms with Gasteiger partial charge in [-0.25, -0.2) is 13.6 Å². The van der Waals surface area contributed by atoms with Gasteiger partial charge in [-0.1, -0.05) is 6.07 Å². The van der Waals surface area contributed by atoms with E-state index in [0.29, 0.717) is 13.0 Å². The van der Waals surface area contributed by atoms with E-state index in [1.54, 1.807) is 0 Å². The number of primary sulfonamides is 1.